The molecule has 18 heavy (non-hydrogen) atoms. The number of amides is 1. The number of rotatable bonds is 3. The predicted octanol–water partition coefficient (Wildman–Crippen LogP) is 3.18. The Labute approximate surface area is 110 Å². The molecule has 1 amide bonds. The highest BCUT2D eigenvalue weighted by molar-refractivity contribution is 5.68. The molecule has 0 aromatic heterocycles. The standard InChI is InChI=1S/C14H25NO3/c1-6-17-11(2)12-7-9-15(10-8-12)13(16)18-14(3,4)5/h12H,2,6-10H2,1,3-5H3. The number of ether oxygens (including phenoxy) is 2. The lowest BCUT2D eigenvalue weighted by atomic mass is 9.95. The summed E-state index contributed by atoms with van der Waals surface area (Å²) in [7, 11) is 0. The van der Waals surface area contributed by atoms with Crippen LogP contribution in [0.15, 0.2) is 12.3 Å². The van der Waals surface area contributed by atoms with Crippen molar-refractivity contribution in [2.45, 2.75) is 46.1 Å². The molecule has 4 nitrogen and oxygen atoms in total. The lowest BCUT2D eigenvalue weighted by Gasteiger charge is -2.33. The van der Waals surface area contributed by atoms with Gasteiger partial charge in [0.15, 0.2) is 0 Å². The third-order valence-electron chi connectivity index (χ3n) is 2.93. The van der Waals surface area contributed by atoms with Gasteiger partial charge >= 0.3 is 6.09 Å². The monoisotopic (exact) mass is 255 g/mol. The van der Waals surface area contributed by atoms with Crippen molar-refractivity contribution in [3.05, 3.63) is 12.3 Å². The van der Waals surface area contributed by atoms with Gasteiger partial charge < -0.3 is 14.4 Å². The zero-order chi connectivity index (χ0) is 13.8. The van der Waals surface area contributed by atoms with E-state index < -0.39 is 5.60 Å². The van der Waals surface area contributed by atoms with Crippen molar-refractivity contribution in [3.63, 3.8) is 0 Å². The van der Waals surface area contributed by atoms with Crippen LogP contribution in [0.2, 0.25) is 0 Å². The van der Waals surface area contributed by atoms with E-state index in [2.05, 4.69) is 6.58 Å². The molecule has 1 heterocycles. The smallest absolute Gasteiger partial charge is 0.410 e. The quantitative estimate of drug-likeness (QED) is 0.727. The average molecular weight is 255 g/mol. The molecule has 1 fully saturated rings. The first kappa shape index (κ1) is 14.9. The highest BCUT2D eigenvalue weighted by atomic mass is 16.6. The van der Waals surface area contributed by atoms with Gasteiger partial charge in [0.1, 0.15) is 5.60 Å². The summed E-state index contributed by atoms with van der Waals surface area (Å²) in [5, 5.41) is 0. The first-order valence-corrected chi connectivity index (χ1v) is 6.63. The molecular formula is C14H25NO3. The van der Waals surface area contributed by atoms with Crippen LogP contribution in [0.1, 0.15) is 40.5 Å². The van der Waals surface area contributed by atoms with Crippen LogP contribution in [0, 0.1) is 5.92 Å². The maximum absolute atomic E-state index is 11.9. The van der Waals surface area contributed by atoms with Crippen molar-refractivity contribution in [3.8, 4) is 0 Å². The number of hydrogen-bond acceptors (Lipinski definition) is 3. The summed E-state index contributed by atoms with van der Waals surface area (Å²) in [6.45, 7) is 13.6. The number of allylic oxidation sites excluding steroid dienone is 1. The maximum Gasteiger partial charge on any atom is 0.410 e. The highest BCUT2D eigenvalue weighted by Crippen LogP contribution is 2.25. The molecule has 0 saturated carbocycles. The van der Waals surface area contributed by atoms with E-state index in [-0.39, 0.29) is 6.09 Å². The number of likely N-dealkylation sites (tertiary alicyclic amines) is 1. The van der Waals surface area contributed by atoms with E-state index in [0.29, 0.717) is 25.6 Å². The third-order valence-corrected chi connectivity index (χ3v) is 2.93. The summed E-state index contributed by atoms with van der Waals surface area (Å²) in [6, 6.07) is 0. The molecule has 0 unspecified atom stereocenters. The number of piperidine rings is 1. The Morgan fingerprint density at radius 1 is 1.33 bits per heavy atom. The van der Waals surface area contributed by atoms with Gasteiger partial charge in [-0.05, 0) is 40.5 Å². The van der Waals surface area contributed by atoms with Crippen molar-refractivity contribution in [2.24, 2.45) is 5.92 Å². The van der Waals surface area contributed by atoms with E-state index in [1.54, 1.807) is 4.90 Å². The van der Waals surface area contributed by atoms with Crippen LogP contribution in [0.3, 0.4) is 0 Å². The molecule has 0 aliphatic carbocycles. The fourth-order valence-electron chi connectivity index (χ4n) is 2.01. The number of nitrogens with zero attached hydrogens (tertiary/aromatic N) is 1. The predicted molar refractivity (Wildman–Crippen MR) is 71.3 cm³/mol. The Kier molecular flexibility index (Phi) is 5.05. The lowest BCUT2D eigenvalue weighted by Crippen LogP contribution is -2.42. The number of carbonyl (C=O) groups is 1. The second-order valence-corrected chi connectivity index (χ2v) is 5.64. The fraction of sp³-hybridized carbons (Fsp3) is 0.786. The second kappa shape index (κ2) is 6.12. The van der Waals surface area contributed by atoms with Crippen LogP contribution in [0.5, 0.6) is 0 Å². The zero-order valence-electron chi connectivity index (χ0n) is 12.0. The lowest BCUT2D eigenvalue weighted by molar-refractivity contribution is 0.0173. The van der Waals surface area contributed by atoms with Gasteiger partial charge in [-0.15, -0.1) is 0 Å². The van der Waals surface area contributed by atoms with Crippen molar-refractivity contribution in [1.82, 2.24) is 4.90 Å². The molecule has 0 atom stereocenters. The molecule has 1 saturated heterocycles. The topological polar surface area (TPSA) is 38.8 Å². The first-order valence-electron chi connectivity index (χ1n) is 6.63. The van der Waals surface area contributed by atoms with Gasteiger partial charge in [0.2, 0.25) is 0 Å². The van der Waals surface area contributed by atoms with Crippen molar-refractivity contribution in [2.75, 3.05) is 19.7 Å². The van der Waals surface area contributed by atoms with E-state index in [4.69, 9.17) is 9.47 Å². The molecule has 1 aliphatic rings. The molecule has 0 aromatic rings. The molecule has 104 valence electrons. The van der Waals surface area contributed by atoms with Crippen molar-refractivity contribution >= 4 is 6.09 Å². The summed E-state index contributed by atoms with van der Waals surface area (Å²) in [4.78, 5) is 13.6. The van der Waals surface area contributed by atoms with Gasteiger partial charge in [-0.2, -0.15) is 0 Å². The van der Waals surface area contributed by atoms with E-state index in [1.165, 1.54) is 0 Å². The normalized spacial score (nSPS) is 17.4. The van der Waals surface area contributed by atoms with E-state index in [9.17, 15) is 4.79 Å². The number of hydrogen-bond donors (Lipinski definition) is 0. The summed E-state index contributed by atoms with van der Waals surface area (Å²) in [5.41, 5.74) is -0.428. The van der Waals surface area contributed by atoms with Gasteiger partial charge in [-0.3, -0.25) is 0 Å². The molecule has 0 aromatic carbocycles. The molecule has 1 rings (SSSR count). The summed E-state index contributed by atoms with van der Waals surface area (Å²) < 4.78 is 10.8. The van der Waals surface area contributed by atoms with Crippen LogP contribution in [-0.2, 0) is 9.47 Å². The molecule has 0 bridgehead atoms. The molecule has 0 radical (unpaired) electrons. The van der Waals surface area contributed by atoms with Gasteiger partial charge in [-0.25, -0.2) is 4.79 Å². The molecule has 1 aliphatic heterocycles. The van der Waals surface area contributed by atoms with Crippen LogP contribution in [-0.4, -0.2) is 36.3 Å². The van der Waals surface area contributed by atoms with Crippen LogP contribution >= 0.6 is 0 Å². The van der Waals surface area contributed by atoms with Crippen LogP contribution in [0.25, 0.3) is 0 Å². The minimum Gasteiger partial charge on any atom is -0.499 e. The fourth-order valence-corrected chi connectivity index (χ4v) is 2.01. The van der Waals surface area contributed by atoms with E-state index in [0.717, 1.165) is 18.6 Å². The van der Waals surface area contributed by atoms with Crippen molar-refractivity contribution in [1.29, 1.82) is 0 Å². The summed E-state index contributed by atoms with van der Waals surface area (Å²) in [6.07, 6.45) is 1.58. The summed E-state index contributed by atoms with van der Waals surface area (Å²) in [5.74, 6) is 1.21. The van der Waals surface area contributed by atoms with Gasteiger partial charge in [0, 0.05) is 19.0 Å². The molecule has 4 heteroatoms. The Bertz CT molecular complexity index is 299. The minimum absolute atomic E-state index is 0.219. The molecular weight excluding hydrogens is 230 g/mol. The number of carbonyl (C=O) groups excluding carboxylic acids is 1. The van der Waals surface area contributed by atoms with Gasteiger partial charge in [0.05, 0.1) is 12.4 Å². The highest BCUT2D eigenvalue weighted by Gasteiger charge is 2.28. The zero-order valence-corrected chi connectivity index (χ0v) is 12.0. The summed E-state index contributed by atoms with van der Waals surface area (Å²) >= 11 is 0. The minimum atomic E-state index is -0.428. The Morgan fingerprint density at radius 3 is 2.33 bits per heavy atom. The van der Waals surface area contributed by atoms with Crippen molar-refractivity contribution < 1.29 is 14.3 Å². The van der Waals surface area contributed by atoms with E-state index in [1.807, 2.05) is 27.7 Å². The maximum atomic E-state index is 11.9. The van der Waals surface area contributed by atoms with E-state index >= 15 is 0 Å². The van der Waals surface area contributed by atoms with Gasteiger partial charge in [-0.1, -0.05) is 6.58 Å². The molecule has 0 spiro atoms. The van der Waals surface area contributed by atoms with Crippen LogP contribution in [0.4, 0.5) is 4.79 Å². The Balaban J connectivity index is 2.39. The van der Waals surface area contributed by atoms with Gasteiger partial charge in [0.25, 0.3) is 0 Å². The first-order chi connectivity index (χ1) is 8.33. The SMILES string of the molecule is C=C(OCC)C1CCN(C(=O)OC(C)(C)C)CC1. The van der Waals surface area contributed by atoms with Crippen LogP contribution < -0.4 is 0 Å². The second-order valence-electron chi connectivity index (χ2n) is 5.64. The molecule has 0 N–H and O–H groups in total. The Hall–Kier alpha value is -1.19. The largest absolute Gasteiger partial charge is 0.499 e. The Morgan fingerprint density at radius 2 is 1.89 bits per heavy atom. The average Bonchev–Trinajstić information content (AvgIpc) is 2.27. The third kappa shape index (κ3) is 4.59.